The fraction of sp³-hybridized carbons (Fsp3) is 0.615. The van der Waals surface area contributed by atoms with Crippen molar-refractivity contribution >= 4 is 17.4 Å². The molecule has 17 heavy (non-hydrogen) atoms. The second-order valence-corrected chi connectivity index (χ2v) is 4.49. The van der Waals surface area contributed by atoms with Crippen molar-refractivity contribution in [2.75, 3.05) is 23.9 Å². The number of anilines is 1. The second-order valence-electron chi connectivity index (χ2n) is 4.11. The average Bonchev–Trinajstić information content (AvgIpc) is 2.31. The highest BCUT2D eigenvalue weighted by atomic mass is 35.5. The van der Waals surface area contributed by atoms with Gasteiger partial charge in [-0.3, -0.25) is 0 Å². The Morgan fingerprint density at radius 2 is 2.24 bits per heavy atom. The number of rotatable bonds is 7. The van der Waals surface area contributed by atoms with Crippen LogP contribution in [0.25, 0.3) is 0 Å². The monoisotopic (exact) mass is 256 g/mol. The number of pyridine rings is 1. The molecule has 0 fully saturated rings. The summed E-state index contributed by atoms with van der Waals surface area (Å²) in [6, 6.07) is 3.86. The van der Waals surface area contributed by atoms with Gasteiger partial charge in [-0.25, -0.2) is 4.98 Å². The molecule has 1 aromatic heterocycles. The number of nitrogens with zero attached hydrogens (tertiary/aromatic N) is 2. The van der Waals surface area contributed by atoms with Crippen molar-refractivity contribution in [2.45, 2.75) is 33.3 Å². The lowest BCUT2D eigenvalue weighted by Gasteiger charge is -2.24. The highest BCUT2D eigenvalue weighted by Crippen LogP contribution is 2.26. The quantitative estimate of drug-likeness (QED) is 0.700. The van der Waals surface area contributed by atoms with E-state index in [1.165, 1.54) is 0 Å². The van der Waals surface area contributed by atoms with E-state index in [4.69, 9.17) is 16.3 Å². The van der Waals surface area contributed by atoms with Crippen molar-refractivity contribution in [2.24, 2.45) is 0 Å². The topological polar surface area (TPSA) is 25.4 Å². The summed E-state index contributed by atoms with van der Waals surface area (Å²) >= 11 is 5.74. The van der Waals surface area contributed by atoms with Gasteiger partial charge in [0.25, 0.3) is 0 Å². The Labute approximate surface area is 109 Å². The molecule has 0 saturated carbocycles. The second kappa shape index (κ2) is 7.38. The molecule has 0 amide bonds. The Hall–Kier alpha value is -0.960. The molecule has 96 valence electrons. The minimum absolute atomic E-state index is 0.157. The molecule has 0 radical (unpaired) electrons. The molecule has 0 aliphatic heterocycles. The third-order valence-corrected chi connectivity index (χ3v) is 2.62. The first kappa shape index (κ1) is 14.1. The fourth-order valence-corrected chi connectivity index (χ4v) is 1.75. The van der Waals surface area contributed by atoms with Gasteiger partial charge in [0, 0.05) is 25.2 Å². The molecular formula is C13H21ClN2O. The smallest absolute Gasteiger partial charge is 0.171 e. The van der Waals surface area contributed by atoms with E-state index in [1.807, 2.05) is 26.0 Å². The van der Waals surface area contributed by atoms with Gasteiger partial charge in [0.05, 0.1) is 6.10 Å². The number of halogens is 1. The van der Waals surface area contributed by atoms with E-state index in [2.05, 4.69) is 16.8 Å². The first-order valence-electron chi connectivity index (χ1n) is 6.11. The van der Waals surface area contributed by atoms with E-state index in [9.17, 15) is 0 Å². The summed E-state index contributed by atoms with van der Waals surface area (Å²) in [5, 5.41) is 0. The number of hydrogen-bond donors (Lipinski definition) is 0. The normalized spacial score (nSPS) is 10.6. The Kier molecular flexibility index (Phi) is 6.12. The van der Waals surface area contributed by atoms with Crippen LogP contribution in [-0.2, 0) is 0 Å². The van der Waals surface area contributed by atoms with Crippen molar-refractivity contribution in [3.8, 4) is 5.75 Å². The summed E-state index contributed by atoms with van der Waals surface area (Å²) in [4.78, 5) is 6.61. The van der Waals surface area contributed by atoms with E-state index in [0.717, 1.165) is 31.1 Å². The third kappa shape index (κ3) is 4.43. The standard InChI is InChI=1S/C13H21ClN2O/c1-4-16(10-6-8-14)13-12(17-11(2)3)7-5-9-15-13/h5,7,9,11H,4,6,8,10H2,1-3H3. The maximum Gasteiger partial charge on any atom is 0.171 e. The summed E-state index contributed by atoms with van der Waals surface area (Å²) in [6.45, 7) is 7.97. The summed E-state index contributed by atoms with van der Waals surface area (Å²) < 4.78 is 5.77. The summed E-state index contributed by atoms with van der Waals surface area (Å²) in [5.74, 6) is 2.43. The maximum absolute atomic E-state index is 5.77. The molecule has 1 aromatic rings. The molecule has 0 aromatic carbocycles. The molecule has 3 nitrogen and oxygen atoms in total. The molecular weight excluding hydrogens is 236 g/mol. The van der Waals surface area contributed by atoms with E-state index in [-0.39, 0.29) is 6.10 Å². The van der Waals surface area contributed by atoms with Gasteiger partial charge in [-0.1, -0.05) is 0 Å². The van der Waals surface area contributed by atoms with E-state index < -0.39 is 0 Å². The lowest BCUT2D eigenvalue weighted by Crippen LogP contribution is -2.26. The van der Waals surface area contributed by atoms with E-state index >= 15 is 0 Å². The zero-order valence-corrected chi connectivity index (χ0v) is 11.6. The zero-order valence-electron chi connectivity index (χ0n) is 10.8. The van der Waals surface area contributed by atoms with Crippen LogP contribution >= 0.6 is 11.6 Å². The van der Waals surface area contributed by atoms with Crippen LogP contribution in [0.4, 0.5) is 5.82 Å². The van der Waals surface area contributed by atoms with Crippen LogP contribution in [0, 0.1) is 0 Å². The van der Waals surface area contributed by atoms with Gasteiger partial charge in [0.15, 0.2) is 11.6 Å². The van der Waals surface area contributed by atoms with Gasteiger partial charge in [-0.2, -0.15) is 0 Å². The Morgan fingerprint density at radius 3 is 2.82 bits per heavy atom. The minimum atomic E-state index is 0.157. The lowest BCUT2D eigenvalue weighted by molar-refractivity contribution is 0.242. The third-order valence-electron chi connectivity index (χ3n) is 2.36. The number of aromatic nitrogens is 1. The SMILES string of the molecule is CCN(CCCCl)c1ncccc1OC(C)C. The predicted octanol–water partition coefficient (Wildman–Crippen LogP) is 3.32. The van der Waals surface area contributed by atoms with Crippen LogP contribution in [0.15, 0.2) is 18.3 Å². The van der Waals surface area contributed by atoms with Crippen LogP contribution in [0.3, 0.4) is 0 Å². The molecule has 0 atom stereocenters. The largest absolute Gasteiger partial charge is 0.487 e. The van der Waals surface area contributed by atoms with Gasteiger partial charge in [0.2, 0.25) is 0 Å². The van der Waals surface area contributed by atoms with Gasteiger partial charge in [0.1, 0.15) is 0 Å². The summed E-state index contributed by atoms with van der Waals surface area (Å²) in [7, 11) is 0. The first-order valence-corrected chi connectivity index (χ1v) is 6.65. The van der Waals surface area contributed by atoms with Crippen molar-refractivity contribution in [3.63, 3.8) is 0 Å². The molecule has 1 heterocycles. The number of ether oxygens (including phenoxy) is 1. The van der Waals surface area contributed by atoms with Gasteiger partial charge < -0.3 is 9.64 Å². The van der Waals surface area contributed by atoms with Crippen LogP contribution in [-0.4, -0.2) is 30.1 Å². The molecule has 0 aliphatic carbocycles. The molecule has 0 saturated heterocycles. The Bertz CT molecular complexity index is 331. The summed E-state index contributed by atoms with van der Waals surface area (Å²) in [6.07, 6.45) is 2.91. The zero-order chi connectivity index (χ0) is 12.7. The van der Waals surface area contributed by atoms with Crippen molar-refractivity contribution in [1.82, 2.24) is 4.98 Å². The van der Waals surface area contributed by atoms with Crippen molar-refractivity contribution in [3.05, 3.63) is 18.3 Å². The molecule has 0 spiro atoms. The first-order chi connectivity index (χ1) is 8.19. The van der Waals surface area contributed by atoms with E-state index in [1.54, 1.807) is 6.20 Å². The predicted molar refractivity (Wildman–Crippen MR) is 73.2 cm³/mol. The van der Waals surface area contributed by atoms with Crippen LogP contribution in [0.1, 0.15) is 27.2 Å². The highest BCUT2D eigenvalue weighted by molar-refractivity contribution is 6.17. The number of hydrogen-bond acceptors (Lipinski definition) is 3. The van der Waals surface area contributed by atoms with E-state index in [0.29, 0.717) is 5.88 Å². The number of alkyl halides is 1. The molecule has 0 unspecified atom stereocenters. The van der Waals surface area contributed by atoms with Crippen molar-refractivity contribution in [1.29, 1.82) is 0 Å². The van der Waals surface area contributed by atoms with Crippen LogP contribution < -0.4 is 9.64 Å². The van der Waals surface area contributed by atoms with Crippen molar-refractivity contribution < 1.29 is 4.74 Å². The molecule has 0 N–H and O–H groups in total. The van der Waals surface area contributed by atoms with Crippen LogP contribution in [0.5, 0.6) is 5.75 Å². The highest BCUT2D eigenvalue weighted by Gasteiger charge is 2.12. The van der Waals surface area contributed by atoms with Gasteiger partial charge >= 0.3 is 0 Å². The maximum atomic E-state index is 5.77. The van der Waals surface area contributed by atoms with Gasteiger partial charge in [-0.15, -0.1) is 11.6 Å². The molecule has 1 rings (SSSR count). The lowest BCUT2D eigenvalue weighted by atomic mass is 10.3. The molecule has 0 bridgehead atoms. The Balaban J connectivity index is 2.85. The van der Waals surface area contributed by atoms with Crippen LogP contribution in [0.2, 0.25) is 0 Å². The molecule has 0 aliphatic rings. The average molecular weight is 257 g/mol. The van der Waals surface area contributed by atoms with Gasteiger partial charge in [-0.05, 0) is 39.3 Å². The fourth-order valence-electron chi connectivity index (χ4n) is 1.63. The minimum Gasteiger partial charge on any atom is -0.487 e. The summed E-state index contributed by atoms with van der Waals surface area (Å²) in [5.41, 5.74) is 0. The molecule has 4 heteroatoms. The Morgan fingerprint density at radius 1 is 1.47 bits per heavy atom.